The molecule has 5 heteroatoms. The van der Waals surface area contributed by atoms with Crippen LogP contribution in [0.25, 0.3) is 11.3 Å². The lowest BCUT2D eigenvalue weighted by Crippen LogP contribution is -1.96. The maximum atomic E-state index is 10.1. The van der Waals surface area contributed by atoms with E-state index in [1.165, 1.54) is 0 Å². The van der Waals surface area contributed by atoms with Gasteiger partial charge in [0, 0.05) is 21.9 Å². The normalized spacial score (nSPS) is 10.2. The topological polar surface area (TPSA) is 39.2 Å². The molecule has 3 nitrogen and oxygen atoms in total. The summed E-state index contributed by atoms with van der Waals surface area (Å²) in [7, 11) is 0. The second-order valence-corrected chi connectivity index (χ2v) is 4.73. The molecular weight excluding hydrogens is 258 g/mol. The average molecular weight is 268 g/mol. The van der Waals surface area contributed by atoms with Crippen LogP contribution in [0, 0.1) is 0 Å². The Bertz CT molecular complexity index is 513. The lowest BCUT2D eigenvalue weighted by molar-refractivity contribution is -0.128. The number of carbonyl (C=O) groups is 1. The van der Waals surface area contributed by atoms with Gasteiger partial charge >= 0.3 is 0 Å². The fourth-order valence-corrected chi connectivity index (χ4v) is 2.48. The van der Waals surface area contributed by atoms with Crippen LogP contribution in [0.15, 0.2) is 29.8 Å². The summed E-state index contributed by atoms with van der Waals surface area (Å²) in [5.74, 6) is 0. The Hall–Kier alpha value is -1.39. The van der Waals surface area contributed by atoms with Crippen molar-refractivity contribution in [3.63, 3.8) is 0 Å². The number of halogens is 1. The van der Waals surface area contributed by atoms with Crippen LogP contribution < -0.4 is 0 Å². The summed E-state index contributed by atoms with van der Waals surface area (Å²) < 4.78 is 4.69. The van der Waals surface area contributed by atoms with E-state index < -0.39 is 0 Å². The van der Waals surface area contributed by atoms with Gasteiger partial charge < -0.3 is 4.74 Å². The first-order valence-corrected chi connectivity index (χ1v) is 6.30. The Morgan fingerprint density at radius 1 is 1.47 bits per heavy atom. The molecular formula is C12H10ClNO2S. The third-order valence-corrected chi connectivity index (χ3v) is 3.38. The Kier molecular flexibility index (Phi) is 4.12. The molecule has 1 aromatic heterocycles. The molecule has 0 radical (unpaired) electrons. The number of rotatable bonds is 5. The fourth-order valence-electron chi connectivity index (χ4n) is 1.52. The number of ether oxygens (including phenoxy) is 1. The lowest BCUT2D eigenvalue weighted by Gasteiger charge is -2.02. The zero-order valence-electron chi connectivity index (χ0n) is 8.93. The van der Waals surface area contributed by atoms with Crippen molar-refractivity contribution in [2.45, 2.75) is 6.42 Å². The molecule has 2 aromatic rings. The minimum Gasteiger partial charge on any atom is -0.468 e. The number of carbonyl (C=O) groups excluding carboxylic acids is 1. The van der Waals surface area contributed by atoms with E-state index in [1.54, 1.807) is 16.8 Å². The molecule has 2 rings (SSSR count). The number of nitrogens with zero attached hydrogens (tertiary/aromatic N) is 1. The maximum Gasteiger partial charge on any atom is 0.293 e. The van der Waals surface area contributed by atoms with Gasteiger partial charge in [-0.05, 0) is 12.1 Å². The van der Waals surface area contributed by atoms with Crippen LogP contribution in [0.3, 0.4) is 0 Å². The van der Waals surface area contributed by atoms with Crippen LogP contribution in [0.5, 0.6) is 0 Å². The lowest BCUT2D eigenvalue weighted by atomic mass is 10.1. The van der Waals surface area contributed by atoms with Crippen molar-refractivity contribution in [3.8, 4) is 11.3 Å². The van der Waals surface area contributed by atoms with Gasteiger partial charge in [0.25, 0.3) is 6.47 Å². The van der Waals surface area contributed by atoms with Crippen molar-refractivity contribution in [2.24, 2.45) is 0 Å². The Morgan fingerprint density at radius 2 is 2.35 bits per heavy atom. The first-order valence-electron chi connectivity index (χ1n) is 5.05. The van der Waals surface area contributed by atoms with E-state index in [1.807, 2.05) is 24.3 Å². The van der Waals surface area contributed by atoms with Crippen molar-refractivity contribution in [2.75, 3.05) is 6.61 Å². The van der Waals surface area contributed by atoms with Gasteiger partial charge in [-0.2, -0.15) is 0 Å². The van der Waals surface area contributed by atoms with E-state index in [0.29, 0.717) is 24.5 Å². The highest BCUT2D eigenvalue weighted by molar-refractivity contribution is 7.10. The van der Waals surface area contributed by atoms with Gasteiger partial charge in [-0.3, -0.25) is 4.79 Å². The van der Waals surface area contributed by atoms with Crippen molar-refractivity contribution >= 4 is 29.4 Å². The Morgan fingerprint density at radius 3 is 3.12 bits per heavy atom. The third kappa shape index (κ3) is 3.05. The van der Waals surface area contributed by atoms with E-state index in [2.05, 4.69) is 4.98 Å². The second kappa shape index (κ2) is 5.80. The predicted octanol–water partition coefficient (Wildman–Crippen LogP) is 3.18. The molecule has 0 saturated heterocycles. The molecule has 0 spiro atoms. The molecule has 0 N–H and O–H groups in total. The van der Waals surface area contributed by atoms with E-state index in [9.17, 15) is 4.79 Å². The van der Waals surface area contributed by atoms with E-state index >= 15 is 0 Å². The smallest absolute Gasteiger partial charge is 0.293 e. The molecule has 0 aliphatic rings. The molecule has 0 amide bonds. The molecule has 0 bridgehead atoms. The van der Waals surface area contributed by atoms with Crippen LogP contribution in [-0.2, 0) is 16.0 Å². The number of aromatic nitrogens is 1. The molecule has 0 saturated carbocycles. The van der Waals surface area contributed by atoms with Crippen molar-refractivity contribution < 1.29 is 9.53 Å². The summed E-state index contributed by atoms with van der Waals surface area (Å²) in [5.41, 5.74) is 3.68. The summed E-state index contributed by atoms with van der Waals surface area (Å²) in [6.07, 6.45) is 0.672. The molecule has 1 heterocycles. The zero-order valence-corrected chi connectivity index (χ0v) is 10.5. The minimum atomic E-state index is 0.374. The van der Waals surface area contributed by atoms with E-state index in [4.69, 9.17) is 16.3 Å². The minimum absolute atomic E-state index is 0.374. The highest BCUT2D eigenvalue weighted by Gasteiger charge is 2.08. The SMILES string of the molecule is O=COCCc1scnc1-c1cccc(Cl)c1. The van der Waals surface area contributed by atoms with E-state index in [-0.39, 0.29) is 0 Å². The fraction of sp³-hybridized carbons (Fsp3) is 0.167. The van der Waals surface area contributed by atoms with Crippen LogP contribution in [0.4, 0.5) is 0 Å². The van der Waals surface area contributed by atoms with Gasteiger partial charge in [0.15, 0.2) is 0 Å². The molecule has 0 fully saturated rings. The van der Waals surface area contributed by atoms with Gasteiger partial charge in [-0.1, -0.05) is 23.7 Å². The monoisotopic (exact) mass is 267 g/mol. The van der Waals surface area contributed by atoms with Crippen LogP contribution >= 0.6 is 22.9 Å². The van der Waals surface area contributed by atoms with Crippen LogP contribution in [-0.4, -0.2) is 18.1 Å². The summed E-state index contributed by atoms with van der Waals surface area (Å²) in [4.78, 5) is 15.5. The Labute approximate surface area is 108 Å². The molecule has 0 aliphatic carbocycles. The van der Waals surface area contributed by atoms with Crippen molar-refractivity contribution in [1.82, 2.24) is 4.98 Å². The Balaban J connectivity index is 2.21. The van der Waals surface area contributed by atoms with Crippen molar-refractivity contribution in [1.29, 1.82) is 0 Å². The molecule has 88 valence electrons. The molecule has 0 unspecified atom stereocenters. The quantitative estimate of drug-likeness (QED) is 0.617. The summed E-state index contributed by atoms with van der Waals surface area (Å²) in [6.45, 7) is 0.833. The first-order chi connectivity index (χ1) is 8.31. The molecule has 17 heavy (non-hydrogen) atoms. The number of thiazole rings is 1. The summed E-state index contributed by atoms with van der Waals surface area (Å²) in [6, 6.07) is 7.56. The van der Waals surface area contributed by atoms with Gasteiger partial charge in [-0.25, -0.2) is 4.98 Å². The highest BCUT2D eigenvalue weighted by atomic mass is 35.5. The van der Waals surface area contributed by atoms with Crippen LogP contribution in [0.1, 0.15) is 4.88 Å². The zero-order chi connectivity index (χ0) is 12.1. The van der Waals surface area contributed by atoms with Gasteiger partial charge in [0.2, 0.25) is 0 Å². The van der Waals surface area contributed by atoms with E-state index in [0.717, 1.165) is 16.1 Å². The second-order valence-electron chi connectivity index (χ2n) is 3.35. The molecule has 1 aromatic carbocycles. The predicted molar refractivity (Wildman–Crippen MR) is 68.3 cm³/mol. The van der Waals surface area contributed by atoms with Gasteiger partial charge in [-0.15, -0.1) is 11.3 Å². The van der Waals surface area contributed by atoms with Gasteiger partial charge in [0.05, 0.1) is 17.8 Å². The summed E-state index contributed by atoms with van der Waals surface area (Å²) in [5, 5.41) is 0.686. The molecule has 0 aliphatic heterocycles. The maximum absolute atomic E-state index is 10.1. The third-order valence-electron chi connectivity index (χ3n) is 2.25. The average Bonchev–Trinajstić information content (AvgIpc) is 2.78. The standard InChI is InChI=1S/C12H10ClNO2S/c13-10-3-1-2-9(6-10)12-11(17-7-14-12)4-5-16-8-15/h1-3,6-8H,4-5H2. The summed E-state index contributed by atoms with van der Waals surface area (Å²) >= 11 is 7.50. The number of hydrogen-bond donors (Lipinski definition) is 0. The van der Waals surface area contributed by atoms with Crippen molar-refractivity contribution in [3.05, 3.63) is 39.7 Å². The number of hydrogen-bond acceptors (Lipinski definition) is 4. The van der Waals surface area contributed by atoms with Crippen LogP contribution in [0.2, 0.25) is 5.02 Å². The first kappa shape index (κ1) is 12.1. The highest BCUT2D eigenvalue weighted by Crippen LogP contribution is 2.27. The molecule has 0 atom stereocenters. The largest absolute Gasteiger partial charge is 0.468 e. The number of benzene rings is 1. The van der Waals surface area contributed by atoms with Gasteiger partial charge in [0.1, 0.15) is 0 Å².